The Morgan fingerprint density at radius 2 is 1.93 bits per heavy atom. The van der Waals surface area contributed by atoms with Gasteiger partial charge in [-0.15, -0.1) is 0 Å². The third-order valence-corrected chi connectivity index (χ3v) is 3.28. The first-order valence-electron chi connectivity index (χ1n) is 6.81. The molecular weight excluding hydrogens is 182 g/mol. The van der Waals surface area contributed by atoms with E-state index in [1.165, 1.54) is 57.9 Å². The molecule has 0 atom stereocenters. The van der Waals surface area contributed by atoms with Gasteiger partial charge in [0.05, 0.1) is 0 Å². The molecule has 0 aromatic rings. The van der Waals surface area contributed by atoms with Gasteiger partial charge in [0.1, 0.15) is 0 Å². The SMILES string of the molecule is CCCCCCNCC=CC1CCCC1. The minimum absolute atomic E-state index is 0.895. The van der Waals surface area contributed by atoms with E-state index in [2.05, 4.69) is 24.4 Å². The molecule has 0 heterocycles. The Balaban J connectivity index is 1.83. The van der Waals surface area contributed by atoms with Crippen LogP contribution < -0.4 is 5.32 Å². The van der Waals surface area contributed by atoms with Crippen molar-refractivity contribution in [1.82, 2.24) is 5.32 Å². The van der Waals surface area contributed by atoms with Crippen LogP contribution in [0.1, 0.15) is 58.3 Å². The van der Waals surface area contributed by atoms with Crippen molar-refractivity contribution in [3.05, 3.63) is 12.2 Å². The van der Waals surface area contributed by atoms with E-state index in [1.54, 1.807) is 0 Å². The molecule has 1 rings (SSSR count). The predicted molar refractivity (Wildman–Crippen MR) is 68.1 cm³/mol. The first-order valence-corrected chi connectivity index (χ1v) is 6.81. The van der Waals surface area contributed by atoms with Crippen molar-refractivity contribution < 1.29 is 0 Å². The quantitative estimate of drug-likeness (QED) is 0.472. The minimum Gasteiger partial charge on any atom is -0.313 e. The van der Waals surface area contributed by atoms with Gasteiger partial charge in [0.25, 0.3) is 0 Å². The van der Waals surface area contributed by atoms with E-state index in [-0.39, 0.29) is 0 Å². The van der Waals surface area contributed by atoms with E-state index in [0.29, 0.717) is 0 Å². The predicted octanol–water partition coefficient (Wildman–Crippen LogP) is 3.90. The highest BCUT2D eigenvalue weighted by atomic mass is 14.8. The van der Waals surface area contributed by atoms with Crippen LogP contribution in [0, 0.1) is 5.92 Å². The third-order valence-electron chi connectivity index (χ3n) is 3.28. The first kappa shape index (κ1) is 12.8. The highest BCUT2D eigenvalue weighted by molar-refractivity contribution is 4.91. The fourth-order valence-corrected chi connectivity index (χ4v) is 2.27. The van der Waals surface area contributed by atoms with Crippen LogP contribution >= 0.6 is 0 Å². The number of allylic oxidation sites excluding steroid dienone is 1. The highest BCUT2D eigenvalue weighted by Gasteiger charge is 2.10. The molecule has 0 unspecified atom stereocenters. The third kappa shape index (κ3) is 6.72. The van der Waals surface area contributed by atoms with Crippen molar-refractivity contribution in [1.29, 1.82) is 0 Å². The molecule has 0 aromatic heterocycles. The van der Waals surface area contributed by atoms with Gasteiger partial charge < -0.3 is 5.32 Å². The topological polar surface area (TPSA) is 12.0 Å². The summed E-state index contributed by atoms with van der Waals surface area (Å²) in [7, 11) is 0. The zero-order valence-electron chi connectivity index (χ0n) is 10.3. The number of hydrogen-bond acceptors (Lipinski definition) is 1. The Hall–Kier alpha value is -0.300. The Morgan fingerprint density at radius 1 is 1.13 bits per heavy atom. The molecule has 0 spiro atoms. The summed E-state index contributed by atoms with van der Waals surface area (Å²) in [4.78, 5) is 0. The summed E-state index contributed by atoms with van der Waals surface area (Å²) in [5, 5.41) is 3.48. The molecule has 1 saturated carbocycles. The van der Waals surface area contributed by atoms with Gasteiger partial charge in [0, 0.05) is 6.54 Å². The van der Waals surface area contributed by atoms with Crippen LogP contribution in [0.4, 0.5) is 0 Å². The van der Waals surface area contributed by atoms with Gasteiger partial charge in [0.2, 0.25) is 0 Å². The number of hydrogen-bond donors (Lipinski definition) is 1. The van der Waals surface area contributed by atoms with Crippen LogP contribution in [0.5, 0.6) is 0 Å². The van der Waals surface area contributed by atoms with E-state index in [4.69, 9.17) is 0 Å². The van der Waals surface area contributed by atoms with Gasteiger partial charge in [-0.1, -0.05) is 51.2 Å². The fourth-order valence-electron chi connectivity index (χ4n) is 2.27. The van der Waals surface area contributed by atoms with Crippen molar-refractivity contribution in [2.75, 3.05) is 13.1 Å². The number of nitrogens with one attached hydrogen (secondary N) is 1. The first-order chi connectivity index (χ1) is 7.43. The molecule has 0 radical (unpaired) electrons. The zero-order valence-corrected chi connectivity index (χ0v) is 10.3. The molecular formula is C14H27N. The second-order valence-corrected chi connectivity index (χ2v) is 4.74. The fraction of sp³-hybridized carbons (Fsp3) is 0.857. The maximum Gasteiger partial charge on any atom is 0.0134 e. The van der Waals surface area contributed by atoms with Crippen LogP contribution in [0.15, 0.2) is 12.2 Å². The lowest BCUT2D eigenvalue weighted by molar-refractivity contribution is 0.618. The lowest BCUT2D eigenvalue weighted by Gasteiger charge is -2.02. The normalized spacial score (nSPS) is 17.9. The van der Waals surface area contributed by atoms with E-state index in [0.717, 1.165) is 12.5 Å². The Kier molecular flexibility index (Phi) is 7.63. The van der Waals surface area contributed by atoms with Gasteiger partial charge in [-0.25, -0.2) is 0 Å². The lowest BCUT2D eigenvalue weighted by atomic mass is 10.1. The number of rotatable bonds is 8. The maximum absolute atomic E-state index is 3.48. The summed E-state index contributed by atoms with van der Waals surface area (Å²) >= 11 is 0. The summed E-state index contributed by atoms with van der Waals surface area (Å²) in [6.45, 7) is 4.52. The highest BCUT2D eigenvalue weighted by Crippen LogP contribution is 2.25. The maximum atomic E-state index is 3.48. The largest absolute Gasteiger partial charge is 0.313 e. The molecule has 0 aliphatic heterocycles. The van der Waals surface area contributed by atoms with Crippen molar-refractivity contribution in [2.24, 2.45) is 5.92 Å². The van der Waals surface area contributed by atoms with Crippen LogP contribution in [0.3, 0.4) is 0 Å². The van der Waals surface area contributed by atoms with E-state index in [1.807, 2.05) is 0 Å². The Morgan fingerprint density at radius 3 is 2.67 bits per heavy atom. The Bertz CT molecular complexity index is 157. The second-order valence-electron chi connectivity index (χ2n) is 4.74. The Labute approximate surface area is 95.3 Å². The summed E-state index contributed by atoms with van der Waals surface area (Å²) in [5.74, 6) is 0.895. The lowest BCUT2D eigenvalue weighted by Crippen LogP contribution is -2.15. The molecule has 1 aliphatic carbocycles. The molecule has 88 valence electrons. The molecule has 1 N–H and O–H groups in total. The molecule has 0 bridgehead atoms. The summed E-state index contributed by atoms with van der Waals surface area (Å²) in [5.41, 5.74) is 0. The second kappa shape index (κ2) is 8.96. The number of unbranched alkanes of at least 4 members (excludes halogenated alkanes) is 3. The van der Waals surface area contributed by atoms with Gasteiger partial charge in [-0.05, 0) is 31.7 Å². The van der Waals surface area contributed by atoms with Crippen molar-refractivity contribution in [3.63, 3.8) is 0 Å². The summed E-state index contributed by atoms with van der Waals surface area (Å²) < 4.78 is 0. The standard InChI is InChI=1S/C14H27N/c1-2-3-4-7-12-15-13-8-11-14-9-5-6-10-14/h8,11,14-15H,2-7,9-10,12-13H2,1H3. The van der Waals surface area contributed by atoms with Crippen LogP contribution in [-0.2, 0) is 0 Å². The molecule has 1 fully saturated rings. The van der Waals surface area contributed by atoms with E-state index in [9.17, 15) is 0 Å². The minimum atomic E-state index is 0.895. The van der Waals surface area contributed by atoms with Crippen molar-refractivity contribution in [3.8, 4) is 0 Å². The average Bonchev–Trinajstić information content (AvgIpc) is 2.75. The smallest absolute Gasteiger partial charge is 0.0134 e. The van der Waals surface area contributed by atoms with Crippen molar-refractivity contribution >= 4 is 0 Å². The summed E-state index contributed by atoms with van der Waals surface area (Å²) in [6, 6.07) is 0. The molecule has 1 heteroatoms. The van der Waals surface area contributed by atoms with Crippen LogP contribution in [0.2, 0.25) is 0 Å². The molecule has 0 amide bonds. The van der Waals surface area contributed by atoms with E-state index >= 15 is 0 Å². The van der Waals surface area contributed by atoms with Crippen LogP contribution in [0.25, 0.3) is 0 Å². The monoisotopic (exact) mass is 209 g/mol. The molecule has 0 saturated heterocycles. The molecule has 15 heavy (non-hydrogen) atoms. The molecule has 0 aromatic carbocycles. The van der Waals surface area contributed by atoms with Crippen LogP contribution in [-0.4, -0.2) is 13.1 Å². The van der Waals surface area contributed by atoms with Gasteiger partial charge in [-0.2, -0.15) is 0 Å². The van der Waals surface area contributed by atoms with Gasteiger partial charge >= 0.3 is 0 Å². The molecule has 1 nitrogen and oxygen atoms in total. The van der Waals surface area contributed by atoms with Gasteiger partial charge in [0.15, 0.2) is 0 Å². The summed E-state index contributed by atoms with van der Waals surface area (Å²) in [6.07, 6.45) is 15.9. The average molecular weight is 209 g/mol. The zero-order chi connectivity index (χ0) is 10.8. The molecule has 1 aliphatic rings. The van der Waals surface area contributed by atoms with E-state index < -0.39 is 0 Å². The van der Waals surface area contributed by atoms with Crippen molar-refractivity contribution in [2.45, 2.75) is 58.3 Å². The van der Waals surface area contributed by atoms with Gasteiger partial charge in [-0.3, -0.25) is 0 Å².